The van der Waals surface area contributed by atoms with Crippen molar-refractivity contribution < 1.29 is 18.8 Å². The van der Waals surface area contributed by atoms with Crippen LogP contribution in [0.25, 0.3) is 0 Å². The fourth-order valence-electron chi connectivity index (χ4n) is 3.07. The number of aryl methyl sites for hydroxylation is 1. The van der Waals surface area contributed by atoms with Gasteiger partial charge in [-0.1, -0.05) is 11.2 Å². The van der Waals surface area contributed by atoms with Crippen LogP contribution in [0.3, 0.4) is 0 Å². The van der Waals surface area contributed by atoms with Gasteiger partial charge in [-0.05, 0) is 31.9 Å². The highest BCUT2D eigenvalue weighted by Gasteiger charge is 2.35. The van der Waals surface area contributed by atoms with Crippen molar-refractivity contribution in [3.8, 4) is 11.5 Å². The van der Waals surface area contributed by atoms with E-state index in [0.717, 1.165) is 24.3 Å². The minimum atomic E-state index is -0.109. The van der Waals surface area contributed by atoms with Crippen molar-refractivity contribution in [2.75, 3.05) is 20.8 Å². The Labute approximate surface area is 135 Å². The Kier molecular flexibility index (Phi) is 4.23. The summed E-state index contributed by atoms with van der Waals surface area (Å²) in [5.41, 5.74) is 1.24. The Balaban J connectivity index is 1.96. The summed E-state index contributed by atoms with van der Waals surface area (Å²) < 4.78 is 15.9. The number of methoxy groups -OCH3 is 2. The van der Waals surface area contributed by atoms with E-state index in [1.54, 1.807) is 32.4 Å². The fraction of sp³-hybridized carbons (Fsp3) is 0.412. The molecule has 0 radical (unpaired) electrons. The number of nitrogens with zero attached hydrogens (tertiary/aromatic N) is 2. The second kappa shape index (κ2) is 6.32. The van der Waals surface area contributed by atoms with E-state index in [1.807, 2.05) is 17.9 Å². The summed E-state index contributed by atoms with van der Waals surface area (Å²) in [6, 6.07) is 7.14. The van der Waals surface area contributed by atoms with Gasteiger partial charge in [0.1, 0.15) is 28.5 Å². The topological polar surface area (TPSA) is 64.8 Å². The molecule has 1 aromatic carbocycles. The van der Waals surface area contributed by atoms with E-state index < -0.39 is 0 Å². The lowest BCUT2D eigenvalue weighted by Gasteiger charge is -2.24. The number of aromatic nitrogens is 1. The SMILES string of the molecule is COc1cccc(OC)c1C(=O)N1CCC[C@@H]1c1cc(C)on1. The predicted molar refractivity (Wildman–Crippen MR) is 83.8 cm³/mol. The van der Waals surface area contributed by atoms with Gasteiger partial charge in [0.05, 0.1) is 20.3 Å². The molecule has 6 heteroatoms. The van der Waals surface area contributed by atoms with Crippen LogP contribution in [0.5, 0.6) is 11.5 Å². The van der Waals surface area contributed by atoms with Gasteiger partial charge in [-0.3, -0.25) is 4.79 Å². The molecule has 1 atom stereocenters. The number of hydrogen-bond acceptors (Lipinski definition) is 5. The third-order valence-corrected chi connectivity index (χ3v) is 4.14. The first-order chi connectivity index (χ1) is 11.2. The van der Waals surface area contributed by atoms with E-state index in [4.69, 9.17) is 14.0 Å². The minimum Gasteiger partial charge on any atom is -0.496 e. The molecule has 1 amide bonds. The summed E-state index contributed by atoms with van der Waals surface area (Å²) in [5.74, 6) is 1.66. The molecule has 23 heavy (non-hydrogen) atoms. The van der Waals surface area contributed by atoms with Crippen molar-refractivity contribution in [1.82, 2.24) is 10.1 Å². The van der Waals surface area contributed by atoms with Crippen molar-refractivity contribution >= 4 is 5.91 Å². The molecule has 1 aliphatic rings. The van der Waals surface area contributed by atoms with E-state index >= 15 is 0 Å². The van der Waals surface area contributed by atoms with Crippen LogP contribution >= 0.6 is 0 Å². The summed E-state index contributed by atoms with van der Waals surface area (Å²) in [6.45, 7) is 2.53. The smallest absolute Gasteiger partial charge is 0.261 e. The van der Waals surface area contributed by atoms with Gasteiger partial charge in [0.25, 0.3) is 5.91 Å². The highest BCUT2D eigenvalue weighted by Crippen LogP contribution is 2.37. The summed E-state index contributed by atoms with van der Waals surface area (Å²) in [6.07, 6.45) is 1.80. The summed E-state index contributed by atoms with van der Waals surface area (Å²) >= 11 is 0. The molecule has 0 spiro atoms. The molecular weight excluding hydrogens is 296 g/mol. The van der Waals surface area contributed by atoms with Crippen molar-refractivity contribution in [1.29, 1.82) is 0 Å². The van der Waals surface area contributed by atoms with Crippen LogP contribution in [0.4, 0.5) is 0 Å². The lowest BCUT2D eigenvalue weighted by atomic mass is 10.1. The van der Waals surface area contributed by atoms with Gasteiger partial charge < -0.3 is 18.9 Å². The molecule has 6 nitrogen and oxygen atoms in total. The second-order valence-corrected chi connectivity index (χ2v) is 5.56. The minimum absolute atomic E-state index is 0.0745. The van der Waals surface area contributed by atoms with Crippen LogP contribution in [-0.2, 0) is 0 Å². The van der Waals surface area contributed by atoms with Gasteiger partial charge in [-0.2, -0.15) is 0 Å². The molecule has 1 saturated heterocycles. The zero-order valence-electron chi connectivity index (χ0n) is 13.5. The number of amides is 1. The lowest BCUT2D eigenvalue weighted by Crippen LogP contribution is -2.31. The Hall–Kier alpha value is -2.50. The molecule has 1 aromatic heterocycles. The highest BCUT2D eigenvalue weighted by molar-refractivity contribution is 6.00. The Morgan fingerprint density at radius 2 is 2.00 bits per heavy atom. The first-order valence-electron chi connectivity index (χ1n) is 7.61. The first kappa shape index (κ1) is 15.4. The van der Waals surface area contributed by atoms with Crippen LogP contribution in [0.15, 0.2) is 28.8 Å². The quantitative estimate of drug-likeness (QED) is 0.867. The molecule has 0 saturated carbocycles. The lowest BCUT2D eigenvalue weighted by molar-refractivity contribution is 0.0724. The number of carbonyl (C=O) groups is 1. The zero-order chi connectivity index (χ0) is 16.4. The van der Waals surface area contributed by atoms with Gasteiger partial charge in [-0.25, -0.2) is 0 Å². The zero-order valence-corrected chi connectivity index (χ0v) is 13.5. The van der Waals surface area contributed by atoms with E-state index in [2.05, 4.69) is 5.16 Å². The first-order valence-corrected chi connectivity index (χ1v) is 7.61. The van der Waals surface area contributed by atoms with Crippen LogP contribution in [-0.4, -0.2) is 36.7 Å². The molecule has 2 aromatic rings. The van der Waals surface area contributed by atoms with Gasteiger partial charge in [0.15, 0.2) is 0 Å². The average molecular weight is 316 g/mol. The van der Waals surface area contributed by atoms with Crippen LogP contribution in [0, 0.1) is 6.92 Å². The van der Waals surface area contributed by atoms with Gasteiger partial charge >= 0.3 is 0 Å². The van der Waals surface area contributed by atoms with Gasteiger partial charge in [0.2, 0.25) is 0 Å². The van der Waals surface area contributed by atoms with Crippen LogP contribution in [0.2, 0.25) is 0 Å². The third-order valence-electron chi connectivity index (χ3n) is 4.14. The van der Waals surface area contributed by atoms with Crippen molar-refractivity contribution in [2.45, 2.75) is 25.8 Å². The number of hydrogen-bond donors (Lipinski definition) is 0. The summed E-state index contributed by atoms with van der Waals surface area (Å²) in [5, 5.41) is 4.08. The maximum absolute atomic E-state index is 13.1. The van der Waals surface area contributed by atoms with E-state index in [0.29, 0.717) is 23.6 Å². The number of carbonyl (C=O) groups excluding carboxylic acids is 1. The standard InChI is InChI=1S/C17H20N2O4/c1-11-10-12(18-23-11)13-6-5-9-19(13)17(20)16-14(21-2)7-4-8-15(16)22-3/h4,7-8,10,13H,5-6,9H2,1-3H3/t13-/m1/s1. The second-order valence-electron chi connectivity index (χ2n) is 5.56. The van der Waals surface area contributed by atoms with E-state index in [1.165, 1.54) is 0 Å². The number of likely N-dealkylation sites (tertiary alicyclic amines) is 1. The molecule has 0 N–H and O–H groups in total. The molecule has 1 fully saturated rings. The molecule has 1 aliphatic heterocycles. The van der Waals surface area contributed by atoms with Gasteiger partial charge in [-0.15, -0.1) is 0 Å². The summed E-state index contributed by atoms with van der Waals surface area (Å²) in [7, 11) is 3.10. The van der Waals surface area contributed by atoms with Crippen LogP contribution in [0.1, 0.15) is 40.7 Å². The monoisotopic (exact) mass is 316 g/mol. The number of ether oxygens (including phenoxy) is 2. The van der Waals surface area contributed by atoms with Crippen molar-refractivity contribution in [3.63, 3.8) is 0 Å². The third kappa shape index (κ3) is 2.76. The molecule has 2 heterocycles. The molecule has 0 aliphatic carbocycles. The molecule has 0 unspecified atom stereocenters. The normalized spacial score (nSPS) is 17.3. The fourth-order valence-corrected chi connectivity index (χ4v) is 3.07. The largest absolute Gasteiger partial charge is 0.496 e. The van der Waals surface area contributed by atoms with Gasteiger partial charge in [0, 0.05) is 12.6 Å². The van der Waals surface area contributed by atoms with Crippen LogP contribution < -0.4 is 9.47 Å². The maximum atomic E-state index is 13.1. The van der Waals surface area contributed by atoms with E-state index in [9.17, 15) is 4.79 Å². The molecular formula is C17H20N2O4. The maximum Gasteiger partial charge on any atom is 0.261 e. The summed E-state index contributed by atoms with van der Waals surface area (Å²) in [4.78, 5) is 14.9. The van der Waals surface area contributed by atoms with Crippen molar-refractivity contribution in [2.24, 2.45) is 0 Å². The van der Waals surface area contributed by atoms with Crippen molar-refractivity contribution in [3.05, 3.63) is 41.3 Å². The highest BCUT2D eigenvalue weighted by atomic mass is 16.5. The molecule has 122 valence electrons. The Bertz CT molecular complexity index is 688. The predicted octanol–water partition coefficient (Wildman–Crippen LogP) is 2.98. The number of benzene rings is 1. The molecule has 3 rings (SSSR count). The Morgan fingerprint density at radius 3 is 2.57 bits per heavy atom. The van der Waals surface area contributed by atoms with E-state index in [-0.39, 0.29) is 11.9 Å². The molecule has 0 bridgehead atoms. The Morgan fingerprint density at radius 1 is 1.30 bits per heavy atom. The average Bonchev–Trinajstić information content (AvgIpc) is 3.21. The number of rotatable bonds is 4.